The van der Waals surface area contributed by atoms with Gasteiger partial charge < -0.3 is 14.3 Å². The molecule has 7 nitrogen and oxygen atoms in total. The summed E-state index contributed by atoms with van der Waals surface area (Å²) in [5, 5.41) is 0. The third-order valence-electron chi connectivity index (χ3n) is 4.36. The lowest BCUT2D eigenvalue weighted by molar-refractivity contribution is 0.0601. The minimum Gasteiger partial charge on any atom is -0.465 e. The number of hydrogen-bond donors (Lipinski definition) is 1. The van der Waals surface area contributed by atoms with E-state index in [0.717, 1.165) is 11.1 Å². The van der Waals surface area contributed by atoms with Crippen LogP contribution in [0.5, 0.6) is 0 Å². The third-order valence-corrected chi connectivity index (χ3v) is 4.36. The van der Waals surface area contributed by atoms with Gasteiger partial charge in [0.15, 0.2) is 0 Å². The Bertz CT molecular complexity index is 1210. The van der Waals surface area contributed by atoms with Crippen LogP contribution in [0.1, 0.15) is 10.4 Å². The Morgan fingerprint density at radius 1 is 1.11 bits per heavy atom. The molecule has 1 N–H and O–H groups in total. The highest BCUT2D eigenvalue weighted by Gasteiger charge is 2.14. The summed E-state index contributed by atoms with van der Waals surface area (Å²) >= 11 is 0. The van der Waals surface area contributed by atoms with E-state index < -0.39 is 5.97 Å². The summed E-state index contributed by atoms with van der Waals surface area (Å²) in [5.41, 5.74) is 3.84. The maximum absolute atomic E-state index is 12.7. The molecule has 0 spiro atoms. The summed E-state index contributed by atoms with van der Waals surface area (Å²) in [6.45, 7) is 0. The average Bonchev–Trinajstić information content (AvgIpc) is 3.13. The highest BCUT2D eigenvalue weighted by molar-refractivity contribution is 5.94. The Labute approximate surface area is 154 Å². The van der Waals surface area contributed by atoms with E-state index in [4.69, 9.17) is 4.74 Å². The molecule has 0 amide bonds. The molecule has 27 heavy (non-hydrogen) atoms. The number of fused-ring (bicyclic) bond motifs is 1. The van der Waals surface area contributed by atoms with Crippen LogP contribution in [0.2, 0.25) is 0 Å². The Morgan fingerprint density at radius 3 is 2.63 bits per heavy atom. The topological polar surface area (TPSA) is 89.9 Å². The Hall–Kier alpha value is -3.74. The van der Waals surface area contributed by atoms with E-state index in [2.05, 4.69) is 15.0 Å². The van der Waals surface area contributed by atoms with Crippen molar-refractivity contribution in [3.05, 3.63) is 70.9 Å². The maximum atomic E-state index is 12.7. The van der Waals surface area contributed by atoms with Crippen molar-refractivity contribution >= 4 is 17.0 Å². The third kappa shape index (κ3) is 2.99. The number of hydrogen-bond acceptors (Lipinski definition) is 5. The van der Waals surface area contributed by atoms with Crippen LogP contribution in [-0.2, 0) is 11.8 Å². The van der Waals surface area contributed by atoms with E-state index in [1.165, 1.54) is 11.7 Å². The van der Waals surface area contributed by atoms with Crippen molar-refractivity contribution in [2.45, 2.75) is 0 Å². The fourth-order valence-electron chi connectivity index (χ4n) is 2.97. The number of nitrogens with one attached hydrogen (secondary N) is 1. The number of aromatic amines is 1. The lowest BCUT2D eigenvalue weighted by Crippen LogP contribution is -2.18. The van der Waals surface area contributed by atoms with Crippen LogP contribution in [0.4, 0.5) is 0 Å². The summed E-state index contributed by atoms with van der Waals surface area (Å²) in [6, 6.07) is 10.6. The lowest BCUT2D eigenvalue weighted by atomic mass is 10.1. The van der Waals surface area contributed by atoms with E-state index >= 15 is 0 Å². The molecule has 0 unspecified atom stereocenters. The van der Waals surface area contributed by atoms with Crippen molar-refractivity contribution in [2.75, 3.05) is 7.11 Å². The molecule has 0 atom stereocenters. The van der Waals surface area contributed by atoms with Crippen LogP contribution in [0.15, 0.2) is 59.8 Å². The highest BCUT2D eigenvalue weighted by atomic mass is 16.5. The van der Waals surface area contributed by atoms with Gasteiger partial charge in [0.25, 0.3) is 5.56 Å². The predicted octanol–water partition coefficient (Wildman–Crippen LogP) is 2.78. The molecule has 0 aliphatic heterocycles. The summed E-state index contributed by atoms with van der Waals surface area (Å²) in [5.74, 6) is 0.0205. The van der Waals surface area contributed by atoms with Gasteiger partial charge in [-0.1, -0.05) is 0 Å². The molecule has 4 rings (SSSR count). The maximum Gasteiger partial charge on any atom is 0.337 e. The molecule has 134 valence electrons. The van der Waals surface area contributed by atoms with Gasteiger partial charge in [-0.15, -0.1) is 0 Å². The van der Waals surface area contributed by atoms with Gasteiger partial charge in [-0.25, -0.2) is 9.78 Å². The SMILES string of the molecule is COC(=O)c1ccc2nc(-c3cc(-c4ccncc4)cn(C)c3=O)[nH]c2c1. The van der Waals surface area contributed by atoms with Gasteiger partial charge in [-0.3, -0.25) is 9.78 Å². The summed E-state index contributed by atoms with van der Waals surface area (Å²) in [7, 11) is 3.04. The van der Waals surface area contributed by atoms with E-state index in [-0.39, 0.29) is 5.56 Å². The van der Waals surface area contributed by atoms with Gasteiger partial charge in [-0.2, -0.15) is 0 Å². The predicted molar refractivity (Wildman–Crippen MR) is 101 cm³/mol. The van der Waals surface area contributed by atoms with Crippen molar-refractivity contribution in [2.24, 2.45) is 7.05 Å². The summed E-state index contributed by atoms with van der Waals surface area (Å²) in [4.78, 5) is 36.1. The van der Waals surface area contributed by atoms with Gasteiger partial charge in [0.1, 0.15) is 5.82 Å². The van der Waals surface area contributed by atoms with Crippen molar-refractivity contribution in [1.29, 1.82) is 0 Å². The minimum absolute atomic E-state index is 0.167. The van der Waals surface area contributed by atoms with Crippen molar-refractivity contribution < 1.29 is 9.53 Å². The van der Waals surface area contributed by atoms with Crippen LogP contribution < -0.4 is 5.56 Å². The number of imidazole rings is 1. The first-order chi connectivity index (χ1) is 13.1. The number of nitrogens with zero attached hydrogens (tertiary/aromatic N) is 3. The van der Waals surface area contributed by atoms with Crippen LogP contribution >= 0.6 is 0 Å². The summed E-state index contributed by atoms with van der Waals surface area (Å²) < 4.78 is 6.27. The van der Waals surface area contributed by atoms with Crippen molar-refractivity contribution in [3.8, 4) is 22.5 Å². The largest absolute Gasteiger partial charge is 0.465 e. The minimum atomic E-state index is -0.427. The van der Waals surface area contributed by atoms with Gasteiger partial charge in [0, 0.05) is 25.6 Å². The first-order valence-electron chi connectivity index (χ1n) is 8.26. The first-order valence-corrected chi connectivity index (χ1v) is 8.26. The molecular formula is C20H16N4O3. The number of aromatic nitrogens is 4. The fraction of sp³-hybridized carbons (Fsp3) is 0.100. The van der Waals surface area contributed by atoms with Gasteiger partial charge >= 0.3 is 5.97 Å². The molecule has 0 radical (unpaired) electrons. The standard InChI is InChI=1S/C20H16N4O3/c1-24-11-14(12-5-7-21-8-6-12)9-15(19(24)25)18-22-16-4-3-13(20(26)27-2)10-17(16)23-18/h3-11H,1-2H3,(H,22,23). The van der Waals surface area contributed by atoms with E-state index in [9.17, 15) is 9.59 Å². The van der Waals surface area contributed by atoms with Crippen LogP contribution in [0.3, 0.4) is 0 Å². The number of carbonyl (C=O) groups excluding carboxylic acids is 1. The molecule has 3 aromatic heterocycles. The van der Waals surface area contributed by atoms with Crippen LogP contribution in [0, 0.1) is 0 Å². The quantitative estimate of drug-likeness (QED) is 0.568. The molecule has 4 aromatic rings. The number of aryl methyl sites for hydroxylation is 1. The van der Waals surface area contributed by atoms with E-state index in [0.29, 0.717) is 28.0 Å². The second-order valence-electron chi connectivity index (χ2n) is 6.10. The molecular weight excluding hydrogens is 344 g/mol. The Balaban J connectivity index is 1.86. The number of methoxy groups -OCH3 is 1. The van der Waals surface area contributed by atoms with Crippen molar-refractivity contribution in [1.82, 2.24) is 19.5 Å². The second-order valence-corrected chi connectivity index (χ2v) is 6.10. The average molecular weight is 360 g/mol. The van der Waals surface area contributed by atoms with Crippen LogP contribution in [0.25, 0.3) is 33.5 Å². The molecule has 0 saturated heterocycles. The first kappa shape index (κ1) is 16.7. The molecule has 0 bridgehead atoms. The zero-order valence-corrected chi connectivity index (χ0v) is 14.8. The Kier molecular flexibility index (Phi) is 4.04. The number of esters is 1. The monoisotopic (exact) mass is 360 g/mol. The zero-order chi connectivity index (χ0) is 19.0. The highest BCUT2D eigenvalue weighted by Crippen LogP contribution is 2.24. The molecule has 3 heterocycles. The number of benzene rings is 1. The van der Waals surface area contributed by atoms with Crippen molar-refractivity contribution in [3.63, 3.8) is 0 Å². The van der Waals surface area contributed by atoms with Gasteiger partial charge in [-0.05, 0) is 47.5 Å². The molecule has 0 aliphatic carbocycles. The number of carbonyl (C=O) groups is 1. The zero-order valence-electron chi connectivity index (χ0n) is 14.8. The number of pyridine rings is 2. The number of rotatable bonds is 3. The summed E-state index contributed by atoms with van der Waals surface area (Å²) in [6.07, 6.45) is 5.18. The van der Waals surface area contributed by atoms with Crippen LogP contribution in [-0.4, -0.2) is 32.6 Å². The number of ether oxygens (including phenoxy) is 1. The molecule has 0 fully saturated rings. The molecule has 1 aromatic carbocycles. The smallest absolute Gasteiger partial charge is 0.337 e. The van der Waals surface area contributed by atoms with Gasteiger partial charge in [0.2, 0.25) is 0 Å². The normalized spacial score (nSPS) is 10.9. The fourth-order valence-corrected chi connectivity index (χ4v) is 2.97. The second kappa shape index (κ2) is 6.53. The van der Waals surface area contributed by atoms with E-state index in [1.807, 2.05) is 12.1 Å². The lowest BCUT2D eigenvalue weighted by Gasteiger charge is -2.07. The van der Waals surface area contributed by atoms with E-state index in [1.54, 1.807) is 49.9 Å². The number of H-pyrrole nitrogens is 1. The molecule has 0 saturated carbocycles. The molecule has 0 aliphatic rings. The molecule has 7 heteroatoms. The Morgan fingerprint density at radius 2 is 1.89 bits per heavy atom. The van der Waals surface area contributed by atoms with Gasteiger partial charge in [0.05, 0.1) is 29.3 Å².